The Balaban J connectivity index is 1.57. The second-order valence-corrected chi connectivity index (χ2v) is 10.00. The number of likely N-dealkylation sites (tertiary alicyclic amines) is 1. The number of amides is 1. The summed E-state index contributed by atoms with van der Waals surface area (Å²) in [7, 11) is 0. The quantitative estimate of drug-likeness (QED) is 0.488. The number of hydrogen-bond acceptors (Lipinski definition) is 4. The van der Waals surface area contributed by atoms with E-state index in [1.807, 2.05) is 57.2 Å². The summed E-state index contributed by atoms with van der Waals surface area (Å²) in [6.45, 7) is 7.48. The summed E-state index contributed by atoms with van der Waals surface area (Å²) in [5.74, 6) is 0.758. The van der Waals surface area contributed by atoms with Crippen LogP contribution in [0.25, 0.3) is 11.0 Å². The average molecular weight is 475 g/mol. The number of ether oxygens (including phenoxy) is 1. The Bertz CT molecular complexity index is 1120. The molecule has 0 radical (unpaired) electrons. The molecule has 6 nitrogen and oxygen atoms in total. The number of para-hydroxylation sites is 2. The smallest absolute Gasteiger partial charge is 0.410 e. The zero-order chi connectivity index (χ0) is 22.9. The van der Waals surface area contributed by atoms with E-state index in [4.69, 9.17) is 32.9 Å². The van der Waals surface area contributed by atoms with Crippen molar-refractivity contribution in [3.05, 3.63) is 58.1 Å². The standard InChI is InChI=1S/C24H28Cl2N4O2/c1-24(2,3)32-23(31)29-12-6-7-18(15-29)27-22-28-20-8-4-5-9-21(20)30(22)14-16-10-11-17(25)13-19(16)26/h4-5,8-11,13,18H,6-7,12,14-15H2,1-3H3,(H,27,28)/t18-/m1/s1. The number of carbonyl (C=O) groups is 1. The molecule has 3 aromatic rings. The van der Waals surface area contributed by atoms with E-state index in [1.54, 1.807) is 11.0 Å². The Hall–Kier alpha value is -2.44. The third-order valence-electron chi connectivity index (χ3n) is 5.40. The molecule has 0 spiro atoms. The van der Waals surface area contributed by atoms with Gasteiger partial charge in [0, 0.05) is 29.2 Å². The minimum absolute atomic E-state index is 0.0764. The van der Waals surface area contributed by atoms with E-state index >= 15 is 0 Å². The van der Waals surface area contributed by atoms with Crippen LogP contribution in [0.3, 0.4) is 0 Å². The van der Waals surface area contributed by atoms with E-state index in [2.05, 4.69) is 9.88 Å². The number of nitrogens with one attached hydrogen (secondary N) is 1. The number of benzene rings is 2. The zero-order valence-corrected chi connectivity index (χ0v) is 20.1. The van der Waals surface area contributed by atoms with Gasteiger partial charge in [-0.25, -0.2) is 9.78 Å². The first kappa shape index (κ1) is 22.7. The van der Waals surface area contributed by atoms with Crippen molar-refractivity contribution in [1.29, 1.82) is 0 Å². The summed E-state index contributed by atoms with van der Waals surface area (Å²) >= 11 is 12.5. The first-order valence-corrected chi connectivity index (χ1v) is 11.6. The van der Waals surface area contributed by atoms with Crippen molar-refractivity contribution >= 4 is 46.3 Å². The number of fused-ring (bicyclic) bond motifs is 1. The number of hydrogen-bond donors (Lipinski definition) is 1. The van der Waals surface area contributed by atoms with Crippen LogP contribution in [0, 0.1) is 0 Å². The van der Waals surface area contributed by atoms with Crippen LogP contribution in [-0.2, 0) is 11.3 Å². The van der Waals surface area contributed by atoms with Crippen LogP contribution in [0.2, 0.25) is 10.0 Å². The van der Waals surface area contributed by atoms with Gasteiger partial charge in [0.1, 0.15) is 5.60 Å². The molecule has 0 unspecified atom stereocenters. The van der Waals surface area contributed by atoms with Crippen LogP contribution in [-0.4, -0.2) is 45.3 Å². The second kappa shape index (κ2) is 9.20. The molecule has 1 atom stereocenters. The Morgan fingerprint density at radius 1 is 1.22 bits per heavy atom. The van der Waals surface area contributed by atoms with Crippen molar-refractivity contribution < 1.29 is 9.53 Å². The topological polar surface area (TPSA) is 59.4 Å². The maximum absolute atomic E-state index is 12.6. The molecule has 0 aliphatic carbocycles. The van der Waals surface area contributed by atoms with Crippen LogP contribution in [0.5, 0.6) is 0 Å². The third-order valence-corrected chi connectivity index (χ3v) is 5.99. The lowest BCUT2D eigenvalue weighted by Gasteiger charge is -2.34. The molecule has 170 valence electrons. The highest BCUT2D eigenvalue weighted by molar-refractivity contribution is 6.35. The van der Waals surface area contributed by atoms with Crippen molar-refractivity contribution in [2.24, 2.45) is 0 Å². The lowest BCUT2D eigenvalue weighted by atomic mass is 10.1. The number of halogens is 2. The van der Waals surface area contributed by atoms with Gasteiger partial charge in [-0.2, -0.15) is 0 Å². The van der Waals surface area contributed by atoms with Crippen LogP contribution in [0.4, 0.5) is 10.7 Å². The molecular formula is C24H28Cl2N4O2. The molecule has 1 aromatic heterocycles. The van der Waals surface area contributed by atoms with Crippen LogP contribution < -0.4 is 5.32 Å². The van der Waals surface area contributed by atoms with Gasteiger partial charge in [0.25, 0.3) is 0 Å². The molecule has 2 heterocycles. The van der Waals surface area contributed by atoms with E-state index in [-0.39, 0.29) is 12.1 Å². The van der Waals surface area contributed by atoms with Crippen LogP contribution in [0.1, 0.15) is 39.2 Å². The number of nitrogens with zero attached hydrogens (tertiary/aromatic N) is 3. The van der Waals surface area contributed by atoms with Gasteiger partial charge in [-0.1, -0.05) is 41.4 Å². The molecule has 4 rings (SSSR count). The Labute approximate surface area is 198 Å². The fourth-order valence-corrected chi connectivity index (χ4v) is 4.40. The highest BCUT2D eigenvalue weighted by Gasteiger charge is 2.28. The maximum atomic E-state index is 12.6. The molecular weight excluding hydrogens is 447 g/mol. The van der Waals surface area contributed by atoms with Gasteiger partial charge in [-0.3, -0.25) is 0 Å². The second-order valence-electron chi connectivity index (χ2n) is 9.16. The molecule has 0 bridgehead atoms. The fourth-order valence-electron chi connectivity index (χ4n) is 3.94. The number of imidazole rings is 1. The van der Waals surface area contributed by atoms with Crippen LogP contribution >= 0.6 is 23.2 Å². The largest absolute Gasteiger partial charge is 0.444 e. The SMILES string of the molecule is CC(C)(C)OC(=O)N1CCC[C@@H](Nc2nc3ccccc3n2Cc2ccc(Cl)cc2Cl)C1. The normalized spacial score (nSPS) is 16.9. The monoisotopic (exact) mass is 474 g/mol. The molecule has 1 amide bonds. The predicted molar refractivity (Wildman–Crippen MR) is 130 cm³/mol. The van der Waals surface area contributed by atoms with Crippen molar-refractivity contribution in [3.8, 4) is 0 Å². The lowest BCUT2D eigenvalue weighted by molar-refractivity contribution is 0.0206. The van der Waals surface area contributed by atoms with Gasteiger partial charge >= 0.3 is 6.09 Å². The van der Waals surface area contributed by atoms with Crippen molar-refractivity contribution in [2.75, 3.05) is 18.4 Å². The van der Waals surface area contributed by atoms with E-state index < -0.39 is 5.60 Å². The molecule has 1 aliphatic heterocycles. The number of anilines is 1. The highest BCUT2D eigenvalue weighted by atomic mass is 35.5. The molecule has 0 saturated carbocycles. The summed E-state index contributed by atoms with van der Waals surface area (Å²) in [4.78, 5) is 19.2. The predicted octanol–water partition coefficient (Wildman–Crippen LogP) is 6.20. The van der Waals surface area contributed by atoms with Gasteiger partial charge in [0.15, 0.2) is 0 Å². The summed E-state index contributed by atoms with van der Waals surface area (Å²) in [5.41, 5.74) is 2.37. The fraction of sp³-hybridized carbons (Fsp3) is 0.417. The summed E-state index contributed by atoms with van der Waals surface area (Å²) in [6.07, 6.45) is 1.58. The first-order valence-electron chi connectivity index (χ1n) is 10.8. The van der Waals surface area contributed by atoms with E-state index in [9.17, 15) is 4.79 Å². The lowest BCUT2D eigenvalue weighted by Crippen LogP contribution is -2.47. The summed E-state index contributed by atoms with van der Waals surface area (Å²) < 4.78 is 7.68. The summed E-state index contributed by atoms with van der Waals surface area (Å²) in [5, 5.41) is 4.80. The first-order chi connectivity index (χ1) is 15.2. The Morgan fingerprint density at radius 3 is 2.75 bits per heavy atom. The highest BCUT2D eigenvalue weighted by Crippen LogP contribution is 2.27. The maximum Gasteiger partial charge on any atom is 0.410 e. The van der Waals surface area contributed by atoms with Gasteiger partial charge in [-0.15, -0.1) is 0 Å². The van der Waals surface area contributed by atoms with Gasteiger partial charge in [0.05, 0.1) is 17.6 Å². The molecule has 8 heteroatoms. The van der Waals surface area contributed by atoms with Crippen molar-refractivity contribution in [1.82, 2.24) is 14.5 Å². The third kappa shape index (κ3) is 5.30. The molecule has 2 aromatic carbocycles. The molecule has 1 N–H and O–H groups in total. The zero-order valence-electron chi connectivity index (χ0n) is 18.6. The minimum Gasteiger partial charge on any atom is -0.444 e. The van der Waals surface area contributed by atoms with Gasteiger partial charge < -0.3 is 19.5 Å². The van der Waals surface area contributed by atoms with Gasteiger partial charge in [0.2, 0.25) is 5.95 Å². The Kier molecular flexibility index (Phi) is 6.54. The number of piperidine rings is 1. The van der Waals surface area contributed by atoms with E-state index in [0.29, 0.717) is 29.7 Å². The van der Waals surface area contributed by atoms with Crippen molar-refractivity contribution in [2.45, 2.75) is 51.8 Å². The molecule has 1 saturated heterocycles. The molecule has 1 aliphatic rings. The molecule has 1 fully saturated rings. The van der Waals surface area contributed by atoms with Crippen molar-refractivity contribution in [3.63, 3.8) is 0 Å². The van der Waals surface area contributed by atoms with Crippen LogP contribution in [0.15, 0.2) is 42.5 Å². The van der Waals surface area contributed by atoms with E-state index in [0.717, 1.165) is 35.4 Å². The van der Waals surface area contributed by atoms with E-state index in [1.165, 1.54) is 0 Å². The Morgan fingerprint density at radius 2 is 2.00 bits per heavy atom. The average Bonchev–Trinajstić information content (AvgIpc) is 3.06. The number of carbonyl (C=O) groups excluding carboxylic acids is 1. The number of aromatic nitrogens is 2. The minimum atomic E-state index is -0.511. The number of rotatable bonds is 4. The summed E-state index contributed by atoms with van der Waals surface area (Å²) in [6, 6.07) is 13.6. The molecule has 32 heavy (non-hydrogen) atoms. The van der Waals surface area contributed by atoms with Gasteiger partial charge in [-0.05, 0) is 63.4 Å².